The van der Waals surface area contributed by atoms with Gasteiger partial charge in [-0.25, -0.2) is 0 Å². The third kappa shape index (κ3) is 2.93. The van der Waals surface area contributed by atoms with E-state index in [9.17, 15) is 9.90 Å². The maximum atomic E-state index is 12.3. The molecule has 2 N–H and O–H groups in total. The van der Waals surface area contributed by atoms with Crippen LogP contribution in [-0.2, 0) is 0 Å². The number of β-amino-alcohol motifs (C(OH)–C–C–N with tert-alkyl or cyclic N) is 1. The van der Waals surface area contributed by atoms with E-state index in [1.807, 2.05) is 6.07 Å². The SMILES string of the molecule is CN(C(=O)c1cc(Br)cc(Br)c1)[C@@H]1CNC[C@H]1O. The summed E-state index contributed by atoms with van der Waals surface area (Å²) < 4.78 is 1.69. The predicted molar refractivity (Wildman–Crippen MR) is 76.6 cm³/mol. The molecule has 1 fully saturated rings. The molecule has 1 amide bonds. The Hall–Kier alpha value is -0.430. The number of aliphatic hydroxyl groups excluding tert-OH is 1. The van der Waals surface area contributed by atoms with E-state index in [0.29, 0.717) is 18.7 Å². The monoisotopic (exact) mass is 376 g/mol. The van der Waals surface area contributed by atoms with Crippen LogP contribution in [0.25, 0.3) is 0 Å². The van der Waals surface area contributed by atoms with E-state index in [-0.39, 0.29) is 11.9 Å². The summed E-state index contributed by atoms with van der Waals surface area (Å²) in [7, 11) is 1.72. The van der Waals surface area contributed by atoms with Gasteiger partial charge in [-0.2, -0.15) is 0 Å². The summed E-state index contributed by atoms with van der Waals surface area (Å²) in [6, 6.07) is 5.26. The molecule has 0 spiro atoms. The molecule has 1 aliphatic heterocycles. The van der Waals surface area contributed by atoms with Crippen molar-refractivity contribution in [2.24, 2.45) is 0 Å². The van der Waals surface area contributed by atoms with Crippen LogP contribution in [0.5, 0.6) is 0 Å². The molecule has 18 heavy (non-hydrogen) atoms. The van der Waals surface area contributed by atoms with Gasteiger partial charge in [-0.15, -0.1) is 0 Å². The highest BCUT2D eigenvalue weighted by molar-refractivity contribution is 9.11. The Balaban J connectivity index is 2.19. The van der Waals surface area contributed by atoms with Gasteiger partial charge in [0.05, 0.1) is 12.1 Å². The van der Waals surface area contributed by atoms with E-state index in [1.165, 1.54) is 0 Å². The Morgan fingerprint density at radius 3 is 2.44 bits per heavy atom. The van der Waals surface area contributed by atoms with Crippen molar-refractivity contribution in [1.29, 1.82) is 0 Å². The number of rotatable bonds is 2. The number of carbonyl (C=O) groups is 1. The molecule has 2 rings (SSSR count). The van der Waals surface area contributed by atoms with Gasteiger partial charge in [0.25, 0.3) is 5.91 Å². The first-order valence-corrected chi connectivity index (χ1v) is 7.19. The summed E-state index contributed by atoms with van der Waals surface area (Å²) >= 11 is 6.73. The summed E-state index contributed by atoms with van der Waals surface area (Å²) in [6.45, 7) is 1.16. The van der Waals surface area contributed by atoms with Crippen molar-refractivity contribution < 1.29 is 9.90 Å². The number of halogens is 2. The van der Waals surface area contributed by atoms with E-state index in [1.54, 1.807) is 24.1 Å². The fraction of sp³-hybridized carbons (Fsp3) is 0.417. The summed E-state index contributed by atoms with van der Waals surface area (Å²) in [6.07, 6.45) is -0.505. The van der Waals surface area contributed by atoms with E-state index in [0.717, 1.165) is 8.95 Å². The van der Waals surface area contributed by atoms with Gasteiger partial charge in [0, 0.05) is 34.6 Å². The summed E-state index contributed by atoms with van der Waals surface area (Å²) in [4.78, 5) is 13.9. The minimum absolute atomic E-state index is 0.0928. The number of hydrogen-bond donors (Lipinski definition) is 2. The molecule has 1 saturated heterocycles. The van der Waals surface area contributed by atoms with Crippen LogP contribution in [0.1, 0.15) is 10.4 Å². The molecule has 0 aromatic heterocycles. The summed E-state index contributed by atoms with van der Waals surface area (Å²) in [5.74, 6) is -0.0928. The lowest BCUT2D eigenvalue weighted by Gasteiger charge is -2.26. The second kappa shape index (κ2) is 5.69. The Morgan fingerprint density at radius 1 is 1.33 bits per heavy atom. The number of aliphatic hydroxyl groups is 1. The molecule has 0 unspecified atom stereocenters. The molecular formula is C12H14Br2N2O2. The van der Waals surface area contributed by atoms with Gasteiger partial charge >= 0.3 is 0 Å². The van der Waals surface area contributed by atoms with Gasteiger partial charge in [-0.3, -0.25) is 4.79 Å². The molecule has 1 aromatic rings. The maximum absolute atomic E-state index is 12.3. The van der Waals surface area contributed by atoms with Gasteiger partial charge in [0.15, 0.2) is 0 Å². The highest BCUT2D eigenvalue weighted by Crippen LogP contribution is 2.22. The predicted octanol–water partition coefficient (Wildman–Crippen LogP) is 1.62. The Morgan fingerprint density at radius 2 is 1.94 bits per heavy atom. The lowest BCUT2D eigenvalue weighted by atomic mass is 10.1. The molecular weight excluding hydrogens is 364 g/mol. The van der Waals surface area contributed by atoms with Crippen LogP contribution in [0.2, 0.25) is 0 Å². The fourth-order valence-electron chi connectivity index (χ4n) is 2.08. The van der Waals surface area contributed by atoms with Gasteiger partial charge < -0.3 is 15.3 Å². The first-order valence-electron chi connectivity index (χ1n) is 5.61. The first-order chi connectivity index (χ1) is 8.49. The Kier molecular flexibility index (Phi) is 4.42. The molecule has 98 valence electrons. The van der Waals surface area contributed by atoms with Crippen LogP contribution in [0.3, 0.4) is 0 Å². The lowest BCUT2D eigenvalue weighted by Crippen LogP contribution is -2.44. The fourth-order valence-corrected chi connectivity index (χ4v) is 3.37. The largest absolute Gasteiger partial charge is 0.390 e. The topological polar surface area (TPSA) is 52.6 Å². The van der Waals surface area contributed by atoms with Crippen LogP contribution in [0.4, 0.5) is 0 Å². The van der Waals surface area contributed by atoms with Gasteiger partial charge in [-0.05, 0) is 18.2 Å². The third-order valence-corrected chi connectivity index (χ3v) is 3.99. The normalized spacial score (nSPS) is 23.1. The van der Waals surface area contributed by atoms with Crippen molar-refractivity contribution in [3.05, 3.63) is 32.7 Å². The minimum atomic E-state index is -0.505. The Bertz CT molecular complexity index is 447. The van der Waals surface area contributed by atoms with Crippen molar-refractivity contribution in [3.8, 4) is 0 Å². The number of nitrogens with zero attached hydrogens (tertiary/aromatic N) is 1. The number of benzene rings is 1. The van der Waals surface area contributed by atoms with Crippen molar-refractivity contribution >= 4 is 37.8 Å². The molecule has 4 nitrogen and oxygen atoms in total. The van der Waals surface area contributed by atoms with Crippen molar-refractivity contribution in [2.45, 2.75) is 12.1 Å². The minimum Gasteiger partial charge on any atom is -0.390 e. The quantitative estimate of drug-likeness (QED) is 0.823. The number of hydrogen-bond acceptors (Lipinski definition) is 3. The standard InChI is InChI=1S/C12H14Br2N2O2/c1-16(10-5-15-6-11(10)17)12(18)7-2-8(13)4-9(14)3-7/h2-4,10-11,15,17H,5-6H2,1H3/t10-,11-/m1/s1. The second-order valence-corrected chi connectivity index (χ2v) is 6.20. The van der Waals surface area contributed by atoms with E-state index in [2.05, 4.69) is 37.2 Å². The molecule has 0 radical (unpaired) electrons. The Labute approximate surface area is 123 Å². The van der Waals surface area contributed by atoms with Crippen molar-refractivity contribution in [1.82, 2.24) is 10.2 Å². The third-order valence-electron chi connectivity index (χ3n) is 3.08. The van der Waals surface area contributed by atoms with E-state index < -0.39 is 6.10 Å². The molecule has 1 heterocycles. The van der Waals surface area contributed by atoms with Crippen LogP contribution < -0.4 is 5.32 Å². The summed E-state index contributed by atoms with van der Waals surface area (Å²) in [5, 5.41) is 12.9. The van der Waals surface area contributed by atoms with E-state index >= 15 is 0 Å². The van der Waals surface area contributed by atoms with E-state index in [4.69, 9.17) is 0 Å². The second-order valence-electron chi connectivity index (χ2n) is 4.37. The van der Waals surface area contributed by atoms with Crippen molar-refractivity contribution in [3.63, 3.8) is 0 Å². The van der Waals surface area contributed by atoms with Gasteiger partial charge in [0.2, 0.25) is 0 Å². The molecule has 0 aliphatic carbocycles. The van der Waals surface area contributed by atoms with Crippen LogP contribution in [0, 0.1) is 0 Å². The number of carbonyl (C=O) groups excluding carboxylic acids is 1. The number of likely N-dealkylation sites (N-methyl/N-ethyl adjacent to an activating group) is 1. The van der Waals surface area contributed by atoms with Gasteiger partial charge in [-0.1, -0.05) is 31.9 Å². The maximum Gasteiger partial charge on any atom is 0.254 e. The van der Waals surface area contributed by atoms with Crippen LogP contribution in [-0.4, -0.2) is 48.2 Å². The average Bonchev–Trinajstić information content (AvgIpc) is 2.72. The first kappa shape index (κ1) is 14.0. The highest BCUT2D eigenvalue weighted by Gasteiger charge is 2.31. The van der Waals surface area contributed by atoms with Crippen molar-refractivity contribution in [2.75, 3.05) is 20.1 Å². The summed E-state index contributed by atoms with van der Waals surface area (Å²) in [5.41, 5.74) is 0.595. The average molecular weight is 378 g/mol. The smallest absolute Gasteiger partial charge is 0.254 e. The van der Waals surface area contributed by atoms with Crippen LogP contribution >= 0.6 is 31.9 Å². The van der Waals surface area contributed by atoms with Gasteiger partial charge in [0.1, 0.15) is 0 Å². The zero-order valence-electron chi connectivity index (χ0n) is 9.86. The van der Waals surface area contributed by atoms with Crippen LogP contribution in [0.15, 0.2) is 27.1 Å². The molecule has 1 aliphatic rings. The molecule has 6 heteroatoms. The molecule has 1 aromatic carbocycles. The highest BCUT2D eigenvalue weighted by atomic mass is 79.9. The zero-order chi connectivity index (χ0) is 13.3. The lowest BCUT2D eigenvalue weighted by molar-refractivity contribution is 0.0581. The molecule has 0 saturated carbocycles. The number of nitrogens with one attached hydrogen (secondary N) is 1. The zero-order valence-corrected chi connectivity index (χ0v) is 13.0. The number of amides is 1. The molecule has 2 atom stereocenters. The molecule has 0 bridgehead atoms.